The number of halogens is 1. The molecule has 2 aliphatic carbocycles. The first-order chi connectivity index (χ1) is 10.6. The average Bonchev–Trinajstić information content (AvgIpc) is 3.27. The first kappa shape index (κ1) is 13.5. The smallest absolute Gasteiger partial charge is 0.248 e. The van der Waals surface area contributed by atoms with E-state index in [1.807, 2.05) is 18.2 Å². The molecule has 4 rings (SSSR count). The van der Waals surface area contributed by atoms with Crippen LogP contribution in [0.5, 0.6) is 0 Å². The Labute approximate surface area is 129 Å². The molecular formula is C19H18FNO. The maximum atomic E-state index is 14.4. The molecule has 0 aromatic heterocycles. The summed E-state index contributed by atoms with van der Waals surface area (Å²) in [5.41, 5.74) is 9.97. The molecule has 0 aliphatic heterocycles. The molecule has 2 aromatic carbocycles. The van der Waals surface area contributed by atoms with Crippen LogP contribution in [0, 0.1) is 5.82 Å². The van der Waals surface area contributed by atoms with Gasteiger partial charge in [0, 0.05) is 11.5 Å². The molecule has 0 radical (unpaired) electrons. The van der Waals surface area contributed by atoms with Gasteiger partial charge in [0.25, 0.3) is 0 Å². The van der Waals surface area contributed by atoms with Crippen LogP contribution in [0.15, 0.2) is 36.4 Å². The second-order valence-electron chi connectivity index (χ2n) is 6.39. The fourth-order valence-electron chi connectivity index (χ4n) is 3.70. The largest absolute Gasteiger partial charge is 0.366 e. The van der Waals surface area contributed by atoms with E-state index in [0.717, 1.165) is 47.9 Å². The highest BCUT2D eigenvalue weighted by Gasteiger charge is 2.32. The summed E-state index contributed by atoms with van der Waals surface area (Å²) in [5, 5.41) is 0. The van der Waals surface area contributed by atoms with Gasteiger partial charge >= 0.3 is 0 Å². The second kappa shape index (κ2) is 4.94. The molecule has 2 aliphatic rings. The number of carbonyl (C=O) groups is 1. The number of amides is 1. The van der Waals surface area contributed by atoms with Crippen LogP contribution >= 0.6 is 0 Å². The van der Waals surface area contributed by atoms with E-state index in [1.54, 1.807) is 12.1 Å². The van der Waals surface area contributed by atoms with Gasteiger partial charge in [0.15, 0.2) is 0 Å². The van der Waals surface area contributed by atoms with E-state index in [9.17, 15) is 9.18 Å². The number of nitrogens with two attached hydrogens (primary N) is 1. The molecule has 2 aromatic rings. The summed E-state index contributed by atoms with van der Waals surface area (Å²) in [7, 11) is 0. The average molecular weight is 295 g/mol. The molecule has 0 heterocycles. The van der Waals surface area contributed by atoms with Gasteiger partial charge in [-0.2, -0.15) is 0 Å². The van der Waals surface area contributed by atoms with E-state index < -0.39 is 5.91 Å². The quantitative estimate of drug-likeness (QED) is 0.917. The lowest BCUT2D eigenvalue weighted by Crippen LogP contribution is -2.15. The number of rotatable bonds is 3. The van der Waals surface area contributed by atoms with Crippen LogP contribution in [0.4, 0.5) is 4.39 Å². The Morgan fingerprint density at radius 1 is 1.09 bits per heavy atom. The maximum absolute atomic E-state index is 14.4. The summed E-state index contributed by atoms with van der Waals surface area (Å²) in [4.78, 5) is 11.7. The van der Waals surface area contributed by atoms with Gasteiger partial charge < -0.3 is 5.73 Å². The molecule has 1 atom stereocenters. The van der Waals surface area contributed by atoms with Crippen molar-refractivity contribution in [3.63, 3.8) is 0 Å². The third-order valence-corrected chi connectivity index (χ3v) is 4.96. The van der Waals surface area contributed by atoms with Crippen molar-refractivity contribution in [1.29, 1.82) is 0 Å². The molecule has 2 nitrogen and oxygen atoms in total. The second-order valence-corrected chi connectivity index (χ2v) is 6.39. The Morgan fingerprint density at radius 2 is 1.86 bits per heavy atom. The molecule has 3 heteroatoms. The molecule has 22 heavy (non-hydrogen) atoms. The van der Waals surface area contributed by atoms with Gasteiger partial charge in [-0.25, -0.2) is 4.39 Å². The molecular weight excluding hydrogens is 277 g/mol. The van der Waals surface area contributed by atoms with Gasteiger partial charge in [-0.15, -0.1) is 0 Å². The Bertz CT molecular complexity index is 764. The monoisotopic (exact) mass is 295 g/mol. The van der Waals surface area contributed by atoms with Gasteiger partial charge in [0.2, 0.25) is 5.91 Å². The highest BCUT2D eigenvalue weighted by atomic mass is 19.1. The molecule has 1 amide bonds. The maximum Gasteiger partial charge on any atom is 0.248 e. The lowest BCUT2D eigenvalue weighted by Gasteiger charge is -2.16. The van der Waals surface area contributed by atoms with E-state index in [0.29, 0.717) is 11.5 Å². The van der Waals surface area contributed by atoms with Crippen molar-refractivity contribution in [3.05, 3.63) is 70.0 Å². The highest BCUT2D eigenvalue weighted by Crippen LogP contribution is 2.46. The fourth-order valence-corrected chi connectivity index (χ4v) is 3.70. The number of hydrogen-bond donors (Lipinski definition) is 1. The minimum atomic E-state index is -0.414. The zero-order valence-electron chi connectivity index (χ0n) is 12.3. The third kappa shape index (κ3) is 2.12. The third-order valence-electron chi connectivity index (χ3n) is 4.96. The summed E-state index contributed by atoms with van der Waals surface area (Å²) in [6.07, 6.45) is 3.87. The van der Waals surface area contributed by atoms with Gasteiger partial charge in [-0.1, -0.05) is 24.3 Å². The van der Waals surface area contributed by atoms with E-state index in [2.05, 4.69) is 6.07 Å². The van der Waals surface area contributed by atoms with Crippen LogP contribution in [0.25, 0.3) is 0 Å². The molecule has 0 unspecified atom stereocenters. The number of carbonyl (C=O) groups excluding carboxylic acids is 1. The van der Waals surface area contributed by atoms with Crippen LogP contribution in [0.1, 0.15) is 63.7 Å². The Balaban J connectivity index is 1.83. The Morgan fingerprint density at radius 3 is 2.59 bits per heavy atom. The minimum absolute atomic E-state index is 0.0758. The minimum Gasteiger partial charge on any atom is -0.366 e. The van der Waals surface area contributed by atoms with Crippen LogP contribution < -0.4 is 5.73 Å². The molecule has 1 saturated carbocycles. The van der Waals surface area contributed by atoms with Crippen molar-refractivity contribution in [2.24, 2.45) is 5.73 Å². The highest BCUT2D eigenvalue weighted by molar-refractivity contribution is 5.94. The lowest BCUT2D eigenvalue weighted by atomic mass is 9.88. The van der Waals surface area contributed by atoms with Crippen molar-refractivity contribution in [3.8, 4) is 0 Å². The SMILES string of the molecule is NC(=O)c1ccccc1[C@H]1CCc2c(F)cc(C3CC3)cc21. The molecule has 0 bridgehead atoms. The molecule has 112 valence electrons. The van der Waals surface area contributed by atoms with Gasteiger partial charge in [-0.3, -0.25) is 4.79 Å². The molecule has 0 spiro atoms. The number of fused-ring (bicyclic) bond motifs is 1. The fraction of sp³-hybridized carbons (Fsp3) is 0.316. The number of primary amides is 1. The molecule has 0 saturated heterocycles. The zero-order chi connectivity index (χ0) is 15.3. The summed E-state index contributed by atoms with van der Waals surface area (Å²) in [6.45, 7) is 0. The van der Waals surface area contributed by atoms with Crippen molar-refractivity contribution in [2.75, 3.05) is 0 Å². The lowest BCUT2D eigenvalue weighted by molar-refractivity contribution is 0.0999. The first-order valence-corrected chi connectivity index (χ1v) is 7.86. The molecule has 1 fully saturated rings. The zero-order valence-corrected chi connectivity index (χ0v) is 12.3. The topological polar surface area (TPSA) is 43.1 Å². The first-order valence-electron chi connectivity index (χ1n) is 7.86. The van der Waals surface area contributed by atoms with Crippen LogP contribution in [0.3, 0.4) is 0 Å². The predicted octanol–water partition coefficient (Wildman–Crippen LogP) is 3.88. The number of benzene rings is 2. The van der Waals surface area contributed by atoms with Crippen molar-refractivity contribution >= 4 is 5.91 Å². The van der Waals surface area contributed by atoms with E-state index in [-0.39, 0.29) is 11.7 Å². The Hall–Kier alpha value is -2.16. The van der Waals surface area contributed by atoms with Crippen molar-refractivity contribution in [1.82, 2.24) is 0 Å². The Kier molecular flexibility index (Phi) is 3.03. The standard InChI is InChI=1S/C19H18FNO/c20-18-10-12(11-5-6-11)9-17-14(7-8-15(17)18)13-3-1-2-4-16(13)19(21)22/h1-4,9-11,14H,5-8H2,(H2,21,22)/t14-/m1/s1. The molecule has 2 N–H and O–H groups in total. The van der Waals surface area contributed by atoms with Gasteiger partial charge in [-0.05, 0) is 66.0 Å². The van der Waals surface area contributed by atoms with Crippen molar-refractivity contribution in [2.45, 2.75) is 37.5 Å². The number of hydrogen-bond acceptors (Lipinski definition) is 1. The van der Waals surface area contributed by atoms with Crippen LogP contribution in [-0.2, 0) is 6.42 Å². The van der Waals surface area contributed by atoms with Crippen LogP contribution in [-0.4, -0.2) is 5.91 Å². The van der Waals surface area contributed by atoms with Crippen LogP contribution in [0.2, 0.25) is 0 Å². The van der Waals surface area contributed by atoms with E-state index in [4.69, 9.17) is 5.73 Å². The predicted molar refractivity (Wildman–Crippen MR) is 83.5 cm³/mol. The summed E-state index contributed by atoms with van der Waals surface area (Å²) < 4.78 is 14.4. The van der Waals surface area contributed by atoms with Gasteiger partial charge in [0.1, 0.15) is 5.82 Å². The van der Waals surface area contributed by atoms with Crippen molar-refractivity contribution < 1.29 is 9.18 Å². The van der Waals surface area contributed by atoms with E-state index >= 15 is 0 Å². The summed E-state index contributed by atoms with van der Waals surface area (Å²) in [6, 6.07) is 11.3. The summed E-state index contributed by atoms with van der Waals surface area (Å²) >= 11 is 0. The van der Waals surface area contributed by atoms with Gasteiger partial charge in [0.05, 0.1) is 0 Å². The normalized spacial score (nSPS) is 20.0. The summed E-state index contributed by atoms with van der Waals surface area (Å²) in [5.74, 6) is 0.0978. The van der Waals surface area contributed by atoms with E-state index in [1.165, 1.54) is 0 Å².